The fourth-order valence-electron chi connectivity index (χ4n) is 6.00. The molecule has 1 aromatic heterocycles. The lowest BCUT2D eigenvalue weighted by Gasteiger charge is -2.26. The summed E-state index contributed by atoms with van der Waals surface area (Å²) < 4.78 is 39.2. The van der Waals surface area contributed by atoms with Crippen molar-refractivity contribution >= 4 is 38.6 Å². The van der Waals surface area contributed by atoms with Crippen LogP contribution in [0.1, 0.15) is 62.9 Å². The molecular weight excluding hydrogens is 608 g/mol. The van der Waals surface area contributed by atoms with Crippen molar-refractivity contribution in [2.24, 2.45) is 5.92 Å². The van der Waals surface area contributed by atoms with Crippen LogP contribution in [-0.2, 0) is 19.6 Å². The zero-order valence-electron chi connectivity index (χ0n) is 26.6. The maximum absolute atomic E-state index is 13.4. The first-order valence-electron chi connectivity index (χ1n) is 16.2. The molecule has 1 unspecified atom stereocenters. The molecule has 0 bridgehead atoms. The van der Waals surface area contributed by atoms with Gasteiger partial charge in [-0.15, -0.1) is 0 Å². The second kappa shape index (κ2) is 15.2. The van der Waals surface area contributed by atoms with Gasteiger partial charge < -0.3 is 19.8 Å². The highest BCUT2D eigenvalue weighted by Crippen LogP contribution is 2.25. The van der Waals surface area contributed by atoms with Crippen LogP contribution in [0.25, 0.3) is 11.0 Å². The van der Waals surface area contributed by atoms with Crippen molar-refractivity contribution in [2.45, 2.75) is 69.4 Å². The van der Waals surface area contributed by atoms with Gasteiger partial charge in [0.25, 0.3) is 5.91 Å². The number of furan rings is 1. The molecule has 248 valence electrons. The van der Waals surface area contributed by atoms with E-state index in [2.05, 4.69) is 15.5 Å². The summed E-state index contributed by atoms with van der Waals surface area (Å²) in [6, 6.07) is 13.2. The van der Waals surface area contributed by atoms with Crippen molar-refractivity contribution in [1.29, 1.82) is 0 Å². The number of Topliss-reactive ketones (excluding diaryl/α,β-unsaturated/α-hetero) is 1. The number of sulfonamides is 1. The molecule has 2 aliphatic heterocycles. The number of ketones is 1. The van der Waals surface area contributed by atoms with E-state index in [9.17, 15) is 22.8 Å². The Morgan fingerprint density at radius 3 is 2.50 bits per heavy atom. The number of fused-ring (bicyclic) bond motifs is 1. The zero-order chi connectivity index (χ0) is 32.7. The Hall–Kier alpha value is -3.74. The van der Waals surface area contributed by atoms with E-state index < -0.39 is 39.7 Å². The predicted octanol–water partition coefficient (Wildman–Crippen LogP) is 3.98. The van der Waals surface area contributed by atoms with Gasteiger partial charge in [0.15, 0.2) is 11.5 Å². The molecular formula is C34H44N4O7S. The SMILES string of the molecule is CC(C)CC(NC(=O)c1cc2cc(OCCN3CCCCC3)ccc2o1)C(=O)N[C@H]1CCCN(S(=O)(=O)c2ccccc2)CC1=O. The number of hydrogen-bond acceptors (Lipinski definition) is 8. The van der Waals surface area contributed by atoms with Crippen LogP contribution in [0.2, 0.25) is 0 Å². The maximum atomic E-state index is 13.4. The van der Waals surface area contributed by atoms with Crippen molar-refractivity contribution < 1.29 is 32.0 Å². The van der Waals surface area contributed by atoms with Gasteiger partial charge in [-0.1, -0.05) is 38.5 Å². The van der Waals surface area contributed by atoms with E-state index >= 15 is 0 Å². The van der Waals surface area contributed by atoms with Crippen molar-refractivity contribution in [3.63, 3.8) is 0 Å². The fourth-order valence-corrected chi connectivity index (χ4v) is 7.46. The minimum atomic E-state index is -3.85. The summed E-state index contributed by atoms with van der Waals surface area (Å²) in [6.07, 6.45) is 4.76. The lowest BCUT2D eigenvalue weighted by atomic mass is 10.0. The van der Waals surface area contributed by atoms with E-state index in [4.69, 9.17) is 9.15 Å². The molecule has 0 saturated carbocycles. The number of carbonyl (C=O) groups is 3. The molecule has 5 rings (SSSR count). The topological polar surface area (TPSA) is 138 Å². The van der Waals surface area contributed by atoms with E-state index in [1.165, 1.54) is 31.4 Å². The molecule has 2 atom stereocenters. The van der Waals surface area contributed by atoms with Crippen molar-refractivity contribution in [1.82, 2.24) is 19.8 Å². The van der Waals surface area contributed by atoms with Crippen molar-refractivity contribution in [3.8, 4) is 5.75 Å². The summed E-state index contributed by atoms with van der Waals surface area (Å²) >= 11 is 0. The molecule has 0 radical (unpaired) electrons. The summed E-state index contributed by atoms with van der Waals surface area (Å²) in [6.45, 7) is 7.35. The number of piperidine rings is 1. The van der Waals surface area contributed by atoms with Gasteiger partial charge in [0.2, 0.25) is 15.9 Å². The van der Waals surface area contributed by atoms with Gasteiger partial charge in [0.1, 0.15) is 24.0 Å². The van der Waals surface area contributed by atoms with E-state index in [-0.39, 0.29) is 29.7 Å². The lowest BCUT2D eigenvalue weighted by molar-refractivity contribution is -0.129. The van der Waals surface area contributed by atoms with E-state index in [1.807, 2.05) is 26.0 Å². The minimum Gasteiger partial charge on any atom is -0.492 e. The van der Waals surface area contributed by atoms with Gasteiger partial charge in [0.05, 0.1) is 17.5 Å². The van der Waals surface area contributed by atoms with Gasteiger partial charge in [-0.25, -0.2) is 8.42 Å². The number of carbonyl (C=O) groups excluding carboxylic acids is 3. The van der Waals surface area contributed by atoms with Crippen LogP contribution in [0.4, 0.5) is 0 Å². The number of rotatable bonds is 12. The number of benzene rings is 2. The molecule has 3 aromatic rings. The summed E-state index contributed by atoms with van der Waals surface area (Å²) in [5.74, 6) is -0.622. The molecule has 11 nitrogen and oxygen atoms in total. The summed E-state index contributed by atoms with van der Waals surface area (Å²) in [5, 5.41) is 6.28. The van der Waals surface area contributed by atoms with Crippen molar-refractivity contribution in [2.75, 3.05) is 39.3 Å². The maximum Gasteiger partial charge on any atom is 0.287 e. The Bertz CT molecular complexity index is 1620. The van der Waals surface area contributed by atoms with Crippen LogP contribution in [0.15, 0.2) is 63.9 Å². The third kappa shape index (κ3) is 8.54. The van der Waals surface area contributed by atoms with Crippen LogP contribution in [-0.4, -0.2) is 86.6 Å². The summed E-state index contributed by atoms with van der Waals surface area (Å²) in [4.78, 5) is 42.4. The molecule has 2 amide bonds. The largest absolute Gasteiger partial charge is 0.492 e. The average molecular weight is 653 g/mol. The Balaban J connectivity index is 1.20. The number of nitrogens with one attached hydrogen (secondary N) is 2. The van der Waals surface area contributed by atoms with E-state index in [0.29, 0.717) is 42.6 Å². The molecule has 0 aliphatic carbocycles. The van der Waals surface area contributed by atoms with Crippen LogP contribution in [0, 0.1) is 5.92 Å². The highest BCUT2D eigenvalue weighted by molar-refractivity contribution is 7.89. The van der Waals surface area contributed by atoms with Gasteiger partial charge in [0, 0.05) is 18.5 Å². The first-order valence-corrected chi connectivity index (χ1v) is 17.6. The normalized spacial score (nSPS) is 19.1. The van der Waals surface area contributed by atoms with E-state index in [0.717, 1.165) is 23.9 Å². The zero-order valence-corrected chi connectivity index (χ0v) is 27.4. The Morgan fingerprint density at radius 2 is 1.76 bits per heavy atom. The molecule has 12 heteroatoms. The number of ether oxygens (including phenoxy) is 1. The smallest absolute Gasteiger partial charge is 0.287 e. The lowest BCUT2D eigenvalue weighted by Crippen LogP contribution is -2.52. The highest BCUT2D eigenvalue weighted by atomic mass is 32.2. The monoisotopic (exact) mass is 652 g/mol. The Labute approximate surface area is 270 Å². The van der Waals surface area contributed by atoms with Gasteiger partial charge in [-0.05, 0) is 87.5 Å². The molecule has 0 spiro atoms. The predicted molar refractivity (Wildman–Crippen MR) is 174 cm³/mol. The van der Waals surface area contributed by atoms with Gasteiger partial charge in [-0.2, -0.15) is 4.31 Å². The molecule has 2 N–H and O–H groups in total. The van der Waals surface area contributed by atoms with Crippen LogP contribution in [0.5, 0.6) is 5.75 Å². The second-order valence-corrected chi connectivity index (χ2v) is 14.5. The third-order valence-corrected chi connectivity index (χ3v) is 10.3. The number of likely N-dealkylation sites (tertiary alicyclic amines) is 1. The second-order valence-electron chi connectivity index (χ2n) is 12.5. The first kappa shape index (κ1) is 33.6. The standard InChI is InChI=1S/C34H44N4O7S/c1-24(2)20-29(33(40)35-28-12-9-17-38(23-30(28)39)46(42,43)27-10-5-3-6-11-27)36-34(41)32-22-25-21-26(13-14-31(25)45-32)44-19-18-37-15-7-4-8-16-37/h3,5-6,10-11,13-14,21-22,24,28-29H,4,7-9,12,15-20,23H2,1-2H3,(H,35,40)(H,36,41)/t28-,29?/m0/s1. The molecule has 2 fully saturated rings. The third-order valence-electron chi connectivity index (χ3n) is 8.48. The van der Waals surface area contributed by atoms with Gasteiger partial charge >= 0.3 is 0 Å². The minimum absolute atomic E-state index is 0.0627. The van der Waals surface area contributed by atoms with Crippen LogP contribution >= 0.6 is 0 Å². The molecule has 2 aromatic carbocycles. The Kier molecular flexibility index (Phi) is 11.1. The summed E-state index contributed by atoms with van der Waals surface area (Å²) in [5.41, 5.74) is 0.525. The quantitative estimate of drug-likeness (QED) is 0.300. The van der Waals surface area contributed by atoms with E-state index in [1.54, 1.807) is 30.3 Å². The number of nitrogens with zero attached hydrogens (tertiary/aromatic N) is 2. The van der Waals surface area contributed by atoms with Crippen LogP contribution < -0.4 is 15.4 Å². The van der Waals surface area contributed by atoms with Gasteiger partial charge in [-0.3, -0.25) is 19.3 Å². The molecule has 3 heterocycles. The fraction of sp³-hybridized carbons (Fsp3) is 0.500. The molecule has 2 aliphatic rings. The highest BCUT2D eigenvalue weighted by Gasteiger charge is 2.34. The average Bonchev–Trinajstić information content (AvgIpc) is 3.38. The molecule has 2 saturated heterocycles. The summed E-state index contributed by atoms with van der Waals surface area (Å²) in [7, 11) is -3.85. The first-order chi connectivity index (χ1) is 22.1. The number of amides is 2. The Morgan fingerprint density at radius 1 is 1.00 bits per heavy atom. The number of hydrogen-bond donors (Lipinski definition) is 2. The van der Waals surface area contributed by atoms with Crippen LogP contribution in [0.3, 0.4) is 0 Å². The molecule has 46 heavy (non-hydrogen) atoms. The van der Waals surface area contributed by atoms with Crippen molar-refractivity contribution in [3.05, 3.63) is 60.4 Å².